The van der Waals surface area contributed by atoms with E-state index < -0.39 is 53.9 Å². The number of hydrogen-bond acceptors (Lipinski definition) is 14. The normalized spacial score (nSPS) is 11.8. The van der Waals surface area contributed by atoms with Gasteiger partial charge in [0.05, 0.1) is 58.5 Å². The summed E-state index contributed by atoms with van der Waals surface area (Å²) in [7, 11) is -9.66. The van der Waals surface area contributed by atoms with Gasteiger partial charge >= 0.3 is 61.6 Å². The van der Waals surface area contributed by atoms with Gasteiger partial charge in [-0.15, -0.1) is 0 Å². The number of carbonyl (C=O) groups is 4. The zero-order valence-electron chi connectivity index (χ0n) is 75.2. The predicted octanol–water partition coefficient (Wildman–Crippen LogP) is 30.3. The summed E-state index contributed by atoms with van der Waals surface area (Å²) in [6.07, 6.45) is 102. The first-order valence-electron chi connectivity index (χ1n) is 48.1. The van der Waals surface area contributed by atoms with Gasteiger partial charge < -0.3 is 28.1 Å². The van der Waals surface area contributed by atoms with Gasteiger partial charge in [-0.25, -0.2) is 36.0 Å². The zero-order chi connectivity index (χ0) is 84.4. The van der Waals surface area contributed by atoms with Crippen LogP contribution in [0.1, 0.15) is 506 Å². The van der Waals surface area contributed by atoms with Crippen molar-refractivity contribution in [1.29, 1.82) is 0 Å². The van der Waals surface area contributed by atoms with Crippen molar-refractivity contribution in [2.75, 3.05) is 26.4 Å². The molecule has 0 fully saturated rings. The van der Waals surface area contributed by atoms with Crippen LogP contribution in [0.15, 0.2) is 94.8 Å². The van der Waals surface area contributed by atoms with Crippen molar-refractivity contribution in [2.45, 2.75) is 474 Å². The largest absolute Gasteiger partial charge is 2.00 e. The molecule has 0 saturated heterocycles. The Labute approximate surface area is 747 Å². The fourth-order valence-corrected chi connectivity index (χ4v) is 15.5. The molecule has 17 heteroatoms. The fourth-order valence-electron chi connectivity index (χ4n) is 14.5. The van der Waals surface area contributed by atoms with E-state index in [0.717, 1.165) is 113 Å². The molecule has 2 rings (SSSR count). The van der Waals surface area contributed by atoms with Gasteiger partial charge in [-0.2, -0.15) is 0 Å². The molecule has 0 aromatic heterocycles. The van der Waals surface area contributed by atoms with E-state index in [0.29, 0.717) is 25.7 Å². The fraction of sp³-hybridized carbons (Fsp3) is 0.760. The monoisotopic (exact) mass is 1700 g/mol. The molecule has 0 spiro atoms. The summed E-state index contributed by atoms with van der Waals surface area (Å²) in [5.41, 5.74) is -0.746. The maximum atomic E-state index is 13.0. The summed E-state index contributed by atoms with van der Waals surface area (Å²) < 4.78 is 91.6. The molecule has 668 valence electrons. The van der Waals surface area contributed by atoms with E-state index >= 15 is 0 Å². The number of esters is 4. The van der Waals surface area contributed by atoms with E-state index in [2.05, 4.69) is 76.3 Å². The van der Waals surface area contributed by atoms with Crippen molar-refractivity contribution in [1.82, 2.24) is 0 Å². The average Bonchev–Trinajstić information content (AvgIpc) is 0.814. The van der Waals surface area contributed by atoms with Crippen molar-refractivity contribution in [3.8, 4) is 0 Å². The zero-order valence-corrected chi connectivity index (χ0v) is 79.1. The van der Waals surface area contributed by atoms with Crippen molar-refractivity contribution >= 4 is 81.9 Å². The molecular formula is C100H170CaO14S2. The number of allylic oxidation sites excluding steroid dienone is 8. The number of carbonyl (C=O) groups excluding carboxylic acids is 4. The van der Waals surface area contributed by atoms with Crippen LogP contribution < -0.4 is 0 Å². The number of hydrogen-bond donors (Lipinski definition) is 0. The molecule has 0 amide bonds. The van der Waals surface area contributed by atoms with Crippen LogP contribution in [0.5, 0.6) is 0 Å². The van der Waals surface area contributed by atoms with Crippen molar-refractivity contribution in [2.24, 2.45) is 0 Å². The minimum absolute atomic E-state index is 0. The Morgan fingerprint density at radius 1 is 0.231 bits per heavy atom. The SMILES string of the molecule is CCCCCCCCCCCCCCC/C=C/CCCCOC(=O)c1ccc(S(=O)(=O)[O-])cc1C(=O)OCCCC/C=C/CCCCCCCCCCCCCCC.CCCCCCCCCCCCCCC/C=C/CCCCOC(=O)c1ccc(S(=O)(=O)[O-])cc1C(=O)OCCCC/C=C/CCCCCCCCCCCCCCC.[Ca+2]. The summed E-state index contributed by atoms with van der Waals surface area (Å²) in [6.45, 7) is 9.67. The molecule has 14 nitrogen and oxygen atoms in total. The molecular weight excluding hydrogens is 1530 g/mol. The van der Waals surface area contributed by atoms with Crippen LogP contribution >= 0.6 is 0 Å². The van der Waals surface area contributed by atoms with E-state index in [1.54, 1.807) is 0 Å². The third kappa shape index (κ3) is 71.5. The van der Waals surface area contributed by atoms with E-state index in [1.807, 2.05) is 0 Å². The van der Waals surface area contributed by atoms with Crippen LogP contribution in [0, 0.1) is 0 Å². The molecule has 0 N–H and O–H groups in total. The van der Waals surface area contributed by atoms with Crippen LogP contribution in [0.3, 0.4) is 0 Å². The van der Waals surface area contributed by atoms with Crippen molar-refractivity contribution in [3.05, 3.63) is 107 Å². The van der Waals surface area contributed by atoms with E-state index in [1.165, 1.54) is 334 Å². The number of ether oxygens (including phenoxy) is 4. The number of unbranched alkanes of at least 4 members (excludes halogenated alkanes) is 60. The summed E-state index contributed by atoms with van der Waals surface area (Å²) in [5, 5.41) is 0. The summed E-state index contributed by atoms with van der Waals surface area (Å²) in [4.78, 5) is 50.5. The van der Waals surface area contributed by atoms with Crippen LogP contribution in [0.4, 0.5) is 0 Å². The number of rotatable bonds is 82. The molecule has 2 aromatic rings. The van der Waals surface area contributed by atoms with Gasteiger partial charge in [-0.05, 0) is 165 Å². The van der Waals surface area contributed by atoms with Crippen molar-refractivity contribution in [3.63, 3.8) is 0 Å². The Hall–Kier alpha value is -3.64. The minimum atomic E-state index is -4.83. The molecule has 0 bridgehead atoms. The van der Waals surface area contributed by atoms with E-state index in [4.69, 9.17) is 18.9 Å². The van der Waals surface area contributed by atoms with Gasteiger partial charge in [0.25, 0.3) is 0 Å². The molecule has 0 unspecified atom stereocenters. The Morgan fingerprint density at radius 2 is 0.376 bits per heavy atom. The Morgan fingerprint density at radius 3 is 0.538 bits per heavy atom. The molecule has 117 heavy (non-hydrogen) atoms. The number of benzene rings is 2. The Balaban J connectivity index is 0.00000228. The molecule has 0 atom stereocenters. The predicted molar refractivity (Wildman–Crippen MR) is 489 cm³/mol. The summed E-state index contributed by atoms with van der Waals surface area (Å²) in [5.74, 6) is -3.17. The van der Waals surface area contributed by atoms with Crippen LogP contribution in [0.25, 0.3) is 0 Å². The van der Waals surface area contributed by atoms with Gasteiger partial charge in [0.1, 0.15) is 20.2 Å². The van der Waals surface area contributed by atoms with Crippen LogP contribution in [0.2, 0.25) is 0 Å². The topological polar surface area (TPSA) is 220 Å². The van der Waals surface area contributed by atoms with Crippen LogP contribution in [-0.2, 0) is 39.2 Å². The standard InChI is InChI=1S/2C50H86O7S.Ca/c2*1-3-5-7-9-11-13-15-17-19-21-23-25-27-29-31-33-35-37-39-43-56-49(51)47-42-41-46(58(53,54)55)45-48(47)50(52)57-44-40-38-36-34-32-30-28-26-24-22-20-18-16-14-12-10-8-6-4-2;/h2*31-34,41-42,45H,3-30,35-40,43-44H2,1-2H3,(H,53,54,55);/q;;+2/p-2/b2*33-31+,34-32+;. The first-order chi connectivity index (χ1) is 56.6. The molecule has 0 aliphatic rings. The smallest absolute Gasteiger partial charge is 0.744 e. The second kappa shape index (κ2) is 84.6. The van der Waals surface area contributed by atoms with E-state index in [-0.39, 0.29) is 86.4 Å². The van der Waals surface area contributed by atoms with Gasteiger partial charge in [-0.1, -0.05) is 385 Å². The minimum Gasteiger partial charge on any atom is -0.744 e. The first kappa shape index (κ1) is 113. The Bertz CT molecular complexity index is 2810. The molecule has 0 heterocycles. The summed E-state index contributed by atoms with van der Waals surface area (Å²) in [6, 6.07) is 6.21. The third-order valence-corrected chi connectivity index (χ3v) is 23.7. The average molecular weight is 1700 g/mol. The second-order valence-corrected chi connectivity index (χ2v) is 35.6. The maximum absolute atomic E-state index is 13.0. The first-order valence-corrected chi connectivity index (χ1v) is 50.9. The molecule has 2 aromatic carbocycles. The second-order valence-electron chi connectivity index (χ2n) is 32.9. The third-order valence-electron chi connectivity index (χ3n) is 22.0. The Kier molecular flexibility index (Phi) is 81.9. The van der Waals surface area contributed by atoms with E-state index in [9.17, 15) is 45.1 Å². The van der Waals surface area contributed by atoms with Gasteiger partial charge in [0.15, 0.2) is 0 Å². The van der Waals surface area contributed by atoms with Gasteiger partial charge in [0, 0.05) is 0 Å². The molecule has 0 aliphatic heterocycles. The quantitative estimate of drug-likeness (QED) is 0.0150. The van der Waals surface area contributed by atoms with Gasteiger partial charge in [0.2, 0.25) is 0 Å². The van der Waals surface area contributed by atoms with Crippen LogP contribution in [-0.4, -0.2) is 114 Å². The molecule has 0 saturated carbocycles. The summed E-state index contributed by atoms with van der Waals surface area (Å²) >= 11 is 0. The maximum Gasteiger partial charge on any atom is 2.00 e. The van der Waals surface area contributed by atoms with Crippen molar-refractivity contribution < 1.29 is 64.1 Å². The molecule has 0 aliphatic carbocycles. The molecule has 0 radical (unpaired) electrons. The van der Waals surface area contributed by atoms with Gasteiger partial charge in [-0.3, -0.25) is 0 Å².